The summed E-state index contributed by atoms with van der Waals surface area (Å²) in [4.78, 5) is 3.39. The summed E-state index contributed by atoms with van der Waals surface area (Å²) in [7, 11) is 0. The van der Waals surface area contributed by atoms with Gasteiger partial charge in [0.05, 0.1) is 0 Å². The van der Waals surface area contributed by atoms with E-state index in [1.807, 2.05) is 0 Å². The number of nitrogens with zero attached hydrogens (tertiary/aromatic N) is 1. The minimum atomic E-state index is -4.46. The van der Waals surface area contributed by atoms with E-state index in [0.717, 1.165) is 12.3 Å². The van der Waals surface area contributed by atoms with Gasteiger partial charge in [0.1, 0.15) is 11.5 Å². The van der Waals surface area contributed by atoms with Crippen LogP contribution in [0, 0.1) is 5.41 Å². The van der Waals surface area contributed by atoms with Gasteiger partial charge in [-0.1, -0.05) is 30.3 Å². The quantitative estimate of drug-likeness (QED) is 0.647. The van der Waals surface area contributed by atoms with Crippen molar-refractivity contribution in [1.29, 1.82) is 5.41 Å². The van der Waals surface area contributed by atoms with E-state index in [0.29, 0.717) is 16.7 Å². The van der Waals surface area contributed by atoms with Crippen LogP contribution in [0.4, 0.5) is 13.2 Å². The molecule has 6 heteroatoms. The molecule has 0 spiro atoms. The molecule has 0 fully saturated rings. The number of nitrogen functional groups attached to an aromatic ring is 1. The third-order valence-electron chi connectivity index (χ3n) is 2.58. The Morgan fingerprint density at radius 2 is 1.79 bits per heavy atom. The average Bonchev–Trinajstić information content (AvgIpc) is 2.38. The van der Waals surface area contributed by atoms with E-state index in [9.17, 15) is 13.2 Å². The van der Waals surface area contributed by atoms with Crippen LogP contribution in [0.25, 0.3) is 11.1 Å². The first-order valence-electron chi connectivity index (χ1n) is 5.36. The van der Waals surface area contributed by atoms with E-state index in [2.05, 4.69) is 4.98 Å². The molecule has 0 aliphatic carbocycles. The molecule has 3 N–H and O–H groups in total. The summed E-state index contributed by atoms with van der Waals surface area (Å²) in [5, 5.41) is 7.44. The first kappa shape index (κ1) is 13.1. The van der Waals surface area contributed by atoms with Gasteiger partial charge >= 0.3 is 6.18 Å². The van der Waals surface area contributed by atoms with Crippen molar-refractivity contribution < 1.29 is 13.2 Å². The molecule has 3 nitrogen and oxygen atoms in total. The minimum Gasteiger partial charge on any atom is -0.384 e. The second-order valence-electron chi connectivity index (χ2n) is 3.89. The Morgan fingerprint density at radius 3 is 2.32 bits per heavy atom. The number of halogens is 3. The van der Waals surface area contributed by atoms with Crippen molar-refractivity contribution in [2.45, 2.75) is 6.18 Å². The van der Waals surface area contributed by atoms with E-state index >= 15 is 0 Å². The van der Waals surface area contributed by atoms with Gasteiger partial charge in [0.25, 0.3) is 0 Å². The topological polar surface area (TPSA) is 62.8 Å². The molecule has 1 heterocycles. The predicted octanol–water partition coefficient (Wildman–Crippen LogP) is 3.05. The van der Waals surface area contributed by atoms with E-state index in [1.54, 1.807) is 24.3 Å². The lowest BCUT2D eigenvalue weighted by Crippen LogP contribution is -2.12. The number of alkyl halides is 3. The normalized spacial score (nSPS) is 11.3. The maximum absolute atomic E-state index is 12.4. The fraction of sp³-hybridized carbons (Fsp3) is 0.0769. The molecule has 0 saturated carbocycles. The Kier molecular flexibility index (Phi) is 3.25. The molecule has 98 valence electrons. The third-order valence-corrected chi connectivity index (χ3v) is 2.58. The van der Waals surface area contributed by atoms with E-state index in [1.165, 1.54) is 6.07 Å². The number of nitrogens with two attached hydrogens (primary N) is 1. The number of aromatic nitrogens is 1. The lowest BCUT2D eigenvalue weighted by Gasteiger charge is -2.09. The number of pyridine rings is 1. The van der Waals surface area contributed by atoms with Crippen molar-refractivity contribution in [1.82, 2.24) is 4.98 Å². The van der Waals surface area contributed by atoms with Crippen molar-refractivity contribution in [2.24, 2.45) is 5.73 Å². The lowest BCUT2D eigenvalue weighted by atomic mass is 10.0. The van der Waals surface area contributed by atoms with Gasteiger partial charge in [0, 0.05) is 17.3 Å². The van der Waals surface area contributed by atoms with E-state index < -0.39 is 11.9 Å². The SMILES string of the molecule is N=C(N)c1ccccc1-c1ccc(C(F)(F)F)nc1. The Labute approximate surface area is 107 Å². The maximum Gasteiger partial charge on any atom is 0.433 e. The summed E-state index contributed by atoms with van der Waals surface area (Å²) in [5.41, 5.74) is 6.01. The fourth-order valence-corrected chi connectivity index (χ4v) is 1.69. The summed E-state index contributed by atoms with van der Waals surface area (Å²) in [6.07, 6.45) is -3.33. The highest BCUT2D eigenvalue weighted by Gasteiger charge is 2.32. The molecule has 1 aromatic heterocycles. The zero-order valence-corrected chi connectivity index (χ0v) is 9.70. The molecule has 0 unspecified atom stereocenters. The van der Waals surface area contributed by atoms with Gasteiger partial charge in [-0.3, -0.25) is 10.4 Å². The van der Waals surface area contributed by atoms with Gasteiger partial charge in [0.2, 0.25) is 0 Å². The van der Waals surface area contributed by atoms with Gasteiger partial charge in [-0.2, -0.15) is 13.2 Å². The Morgan fingerprint density at radius 1 is 1.11 bits per heavy atom. The number of hydrogen-bond acceptors (Lipinski definition) is 2. The third kappa shape index (κ3) is 2.73. The minimum absolute atomic E-state index is 0.143. The highest BCUT2D eigenvalue weighted by molar-refractivity contribution is 6.01. The van der Waals surface area contributed by atoms with Crippen LogP contribution in [0.5, 0.6) is 0 Å². The second kappa shape index (κ2) is 4.72. The number of nitrogens with one attached hydrogen (secondary N) is 1. The second-order valence-corrected chi connectivity index (χ2v) is 3.89. The summed E-state index contributed by atoms with van der Waals surface area (Å²) in [5.74, 6) is -0.143. The zero-order chi connectivity index (χ0) is 14.0. The molecule has 2 aromatic rings. The predicted molar refractivity (Wildman–Crippen MR) is 65.7 cm³/mol. The van der Waals surface area contributed by atoms with Crippen molar-refractivity contribution in [3.8, 4) is 11.1 Å². The van der Waals surface area contributed by atoms with Gasteiger partial charge in [-0.05, 0) is 11.6 Å². The highest BCUT2D eigenvalue weighted by Crippen LogP contribution is 2.29. The van der Waals surface area contributed by atoms with Gasteiger partial charge in [0.15, 0.2) is 0 Å². The van der Waals surface area contributed by atoms with Crippen molar-refractivity contribution >= 4 is 5.84 Å². The lowest BCUT2D eigenvalue weighted by molar-refractivity contribution is -0.141. The average molecular weight is 265 g/mol. The largest absolute Gasteiger partial charge is 0.433 e. The molecule has 0 bridgehead atoms. The van der Waals surface area contributed by atoms with Crippen LogP contribution in [0.1, 0.15) is 11.3 Å². The maximum atomic E-state index is 12.4. The van der Waals surface area contributed by atoms with Crippen LogP contribution < -0.4 is 5.73 Å². The zero-order valence-electron chi connectivity index (χ0n) is 9.70. The molecule has 0 aliphatic rings. The molecular weight excluding hydrogens is 255 g/mol. The highest BCUT2D eigenvalue weighted by atomic mass is 19.4. The summed E-state index contributed by atoms with van der Waals surface area (Å²) >= 11 is 0. The Balaban J connectivity index is 2.46. The number of rotatable bonds is 2. The molecular formula is C13H10F3N3. The fourth-order valence-electron chi connectivity index (χ4n) is 1.69. The smallest absolute Gasteiger partial charge is 0.384 e. The summed E-state index contributed by atoms with van der Waals surface area (Å²) < 4.78 is 37.2. The van der Waals surface area contributed by atoms with E-state index in [4.69, 9.17) is 11.1 Å². The molecule has 0 radical (unpaired) electrons. The standard InChI is InChI=1S/C13H10F3N3/c14-13(15,16)11-6-5-8(7-19-11)9-3-1-2-4-10(9)12(17)18/h1-7H,(H3,17,18). The van der Waals surface area contributed by atoms with Crippen LogP contribution >= 0.6 is 0 Å². The molecule has 1 aromatic carbocycles. The van der Waals surface area contributed by atoms with Gasteiger partial charge < -0.3 is 5.73 Å². The molecule has 0 aliphatic heterocycles. The van der Waals surface area contributed by atoms with Gasteiger partial charge in [-0.15, -0.1) is 0 Å². The monoisotopic (exact) mass is 265 g/mol. The molecule has 2 rings (SSSR count). The van der Waals surface area contributed by atoms with Crippen LogP contribution in [-0.2, 0) is 6.18 Å². The Bertz CT molecular complexity index is 603. The van der Waals surface area contributed by atoms with Gasteiger partial charge in [-0.25, -0.2) is 0 Å². The van der Waals surface area contributed by atoms with Crippen molar-refractivity contribution in [3.63, 3.8) is 0 Å². The molecule has 0 amide bonds. The van der Waals surface area contributed by atoms with Crippen molar-refractivity contribution in [3.05, 3.63) is 53.9 Å². The van der Waals surface area contributed by atoms with E-state index in [-0.39, 0.29) is 5.84 Å². The first-order valence-corrected chi connectivity index (χ1v) is 5.36. The Hall–Kier alpha value is -2.37. The molecule has 0 saturated heterocycles. The summed E-state index contributed by atoms with van der Waals surface area (Å²) in [6.45, 7) is 0. The van der Waals surface area contributed by atoms with Crippen LogP contribution in [-0.4, -0.2) is 10.8 Å². The molecule has 19 heavy (non-hydrogen) atoms. The number of hydrogen-bond donors (Lipinski definition) is 2. The van der Waals surface area contributed by atoms with Crippen molar-refractivity contribution in [2.75, 3.05) is 0 Å². The summed E-state index contributed by atoms with van der Waals surface area (Å²) in [6, 6.07) is 8.97. The number of benzene rings is 1. The van der Waals surface area contributed by atoms with Crippen LogP contribution in [0.2, 0.25) is 0 Å². The first-order chi connectivity index (χ1) is 8.89. The van der Waals surface area contributed by atoms with Crippen LogP contribution in [0.3, 0.4) is 0 Å². The number of amidine groups is 1. The molecule has 0 atom stereocenters. The van der Waals surface area contributed by atoms with Crippen LogP contribution in [0.15, 0.2) is 42.6 Å².